The highest BCUT2D eigenvalue weighted by Gasteiger charge is 2.22. The normalized spacial score (nSPS) is 13.8. The van der Waals surface area contributed by atoms with Gasteiger partial charge in [-0.1, -0.05) is 6.07 Å². The average Bonchev–Trinajstić information content (AvgIpc) is 2.40. The lowest BCUT2D eigenvalue weighted by Gasteiger charge is -2.26. The molecule has 0 saturated carbocycles. The van der Waals surface area contributed by atoms with Crippen molar-refractivity contribution in [3.05, 3.63) is 23.8 Å². The summed E-state index contributed by atoms with van der Waals surface area (Å²) in [6, 6.07) is 5.23. The van der Waals surface area contributed by atoms with E-state index in [2.05, 4.69) is 0 Å². The largest absolute Gasteiger partial charge is 0.482 e. The highest BCUT2D eigenvalue weighted by atomic mass is 16.5. The fourth-order valence-electron chi connectivity index (χ4n) is 1.88. The molecular formula is C13H17N3O3. The molecule has 0 spiro atoms. The van der Waals surface area contributed by atoms with Gasteiger partial charge in [-0.25, -0.2) is 4.79 Å². The number of primary amides is 1. The molecule has 0 radical (unpaired) electrons. The fraction of sp³-hybridized carbons (Fsp3) is 0.385. The molecule has 0 saturated heterocycles. The lowest BCUT2D eigenvalue weighted by molar-refractivity contribution is -0.120. The second kappa shape index (κ2) is 5.17. The summed E-state index contributed by atoms with van der Waals surface area (Å²) in [5.74, 6) is 0.632. The standard InChI is InChI=1S/C13H17N3O3/c1-15(13(14)18)6-5-9-3-4-11-10(7-9)16(2)12(17)8-19-11/h3-4,7H,5-6,8H2,1-2H3,(H2,14,18). The number of nitrogens with zero attached hydrogens (tertiary/aromatic N) is 2. The van der Waals surface area contributed by atoms with Crippen molar-refractivity contribution in [2.75, 3.05) is 32.1 Å². The van der Waals surface area contributed by atoms with Crippen molar-refractivity contribution in [2.45, 2.75) is 6.42 Å². The minimum absolute atomic E-state index is 0.0705. The van der Waals surface area contributed by atoms with Crippen LogP contribution in [0.25, 0.3) is 0 Å². The van der Waals surface area contributed by atoms with E-state index >= 15 is 0 Å². The summed E-state index contributed by atoms with van der Waals surface area (Å²) < 4.78 is 5.35. The monoisotopic (exact) mass is 263 g/mol. The summed E-state index contributed by atoms with van der Waals surface area (Å²) in [4.78, 5) is 25.5. The first-order valence-corrected chi connectivity index (χ1v) is 6.02. The van der Waals surface area contributed by atoms with E-state index in [1.165, 1.54) is 4.90 Å². The first-order valence-electron chi connectivity index (χ1n) is 6.02. The van der Waals surface area contributed by atoms with E-state index in [9.17, 15) is 9.59 Å². The van der Waals surface area contributed by atoms with Gasteiger partial charge in [0.25, 0.3) is 5.91 Å². The van der Waals surface area contributed by atoms with Gasteiger partial charge >= 0.3 is 6.03 Å². The van der Waals surface area contributed by atoms with Gasteiger partial charge in [-0.2, -0.15) is 0 Å². The number of likely N-dealkylation sites (N-methyl/N-ethyl adjacent to an activating group) is 2. The van der Waals surface area contributed by atoms with Gasteiger partial charge in [-0.05, 0) is 24.1 Å². The van der Waals surface area contributed by atoms with Crippen LogP contribution in [-0.2, 0) is 11.2 Å². The van der Waals surface area contributed by atoms with Crippen LogP contribution in [-0.4, -0.2) is 44.1 Å². The Morgan fingerprint density at radius 3 is 2.95 bits per heavy atom. The van der Waals surface area contributed by atoms with Crippen LogP contribution in [0.1, 0.15) is 5.56 Å². The molecule has 2 N–H and O–H groups in total. The van der Waals surface area contributed by atoms with Crippen LogP contribution in [0.3, 0.4) is 0 Å². The zero-order valence-electron chi connectivity index (χ0n) is 11.0. The van der Waals surface area contributed by atoms with Gasteiger partial charge in [0.2, 0.25) is 0 Å². The maximum atomic E-state index is 11.6. The molecule has 102 valence electrons. The predicted octanol–water partition coefficient (Wildman–Crippen LogP) is 0.595. The Morgan fingerprint density at radius 1 is 1.53 bits per heavy atom. The number of amides is 3. The smallest absolute Gasteiger partial charge is 0.314 e. The number of hydrogen-bond acceptors (Lipinski definition) is 3. The van der Waals surface area contributed by atoms with Crippen LogP contribution in [0.4, 0.5) is 10.5 Å². The van der Waals surface area contributed by atoms with Gasteiger partial charge in [0.15, 0.2) is 6.61 Å². The molecule has 19 heavy (non-hydrogen) atoms. The van der Waals surface area contributed by atoms with E-state index in [1.54, 1.807) is 19.0 Å². The fourth-order valence-corrected chi connectivity index (χ4v) is 1.88. The van der Waals surface area contributed by atoms with Gasteiger partial charge < -0.3 is 20.3 Å². The second-order valence-corrected chi connectivity index (χ2v) is 4.55. The number of rotatable bonds is 3. The van der Waals surface area contributed by atoms with Crippen molar-refractivity contribution < 1.29 is 14.3 Å². The van der Waals surface area contributed by atoms with E-state index < -0.39 is 6.03 Å². The molecule has 6 heteroatoms. The number of anilines is 1. The van der Waals surface area contributed by atoms with Gasteiger partial charge in [0.05, 0.1) is 5.69 Å². The Morgan fingerprint density at radius 2 is 2.26 bits per heavy atom. The minimum atomic E-state index is -0.450. The average molecular weight is 263 g/mol. The van der Waals surface area contributed by atoms with E-state index in [-0.39, 0.29) is 12.5 Å². The van der Waals surface area contributed by atoms with Crippen LogP contribution in [0.2, 0.25) is 0 Å². The first-order chi connectivity index (χ1) is 8.99. The van der Waals surface area contributed by atoms with E-state index in [0.717, 1.165) is 11.3 Å². The number of carbonyl (C=O) groups excluding carboxylic acids is 2. The van der Waals surface area contributed by atoms with Crippen LogP contribution in [0.5, 0.6) is 5.75 Å². The highest BCUT2D eigenvalue weighted by molar-refractivity contribution is 5.97. The summed E-state index contributed by atoms with van der Waals surface area (Å²) in [6.07, 6.45) is 0.675. The van der Waals surface area contributed by atoms with Gasteiger partial charge in [0, 0.05) is 20.6 Å². The van der Waals surface area contributed by atoms with Gasteiger partial charge in [-0.3, -0.25) is 4.79 Å². The Bertz CT molecular complexity index is 516. The van der Waals surface area contributed by atoms with Crippen molar-refractivity contribution >= 4 is 17.6 Å². The SMILES string of the molecule is CN(CCc1ccc2c(c1)N(C)C(=O)CO2)C(N)=O. The quantitative estimate of drug-likeness (QED) is 0.867. The number of hydrogen-bond donors (Lipinski definition) is 1. The molecule has 1 aromatic carbocycles. The van der Waals surface area contributed by atoms with Crippen LogP contribution in [0.15, 0.2) is 18.2 Å². The van der Waals surface area contributed by atoms with Crippen molar-refractivity contribution in [1.82, 2.24) is 4.90 Å². The lowest BCUT2D eigenvalue weighted by Crippen LogP contribution is -2.35. The van der Waals surface area contributed by atoms with E-state index in [0.29, 0.717) is 18.7 Å². The third-order valence-electron chi connectivity index (χ3n) is 3.22. The minimum Gasteiger partial charge on any atom is -0.482 e. The molecule has 3 amide bonds. The molecule has 0 atom stereocenters. The number of fused-ring (bicyclic) bond motifs is 1. The highest BCUT2D eigenvalue weighted by Crippen LogP contribution is 2.32. The summed E-state index contributed by atoms with van der Waals surface area (Å²) in [7, 11) is 3.38. The zero-order valence-corrected chi connectivity index (χ0v) is 11.0. The molecule has 2 rings (SSSR count). The number of benzene rings is 1. The van der Waals surface area contributed by atoms with Crippen LogP contribution >= 0.6 is 0 Å². The van der Waals surface area contributed by atoms with Crippen LogP contribution in [0, 0.1) is 0 Å². The Hall–Kier alpha value is -2.24. The summed E-state index contributed by atoms with van der Waals surface area (Å²) in [6.45, 7) is 0.611. The molecule has 0 fully saturated rings. The first kappa shape index (κ1) is 13.2. The molecule has 1 aliphatic heterocycles. The number of ether oxygens (including phenoxy) is 1. The Kier molecular flexibility index (Phi) is 3.59. The van der Waals surface area contributed by atoms with Crippen molar-refractivity contribution in [2.24, 2.45) is 5.73 Å². The maximum Gasteiger partial charge on any atom is 0.314 e. The van der Waals surface area contributed by atoms with Crippen molar-refractivity contribution in [3.63, 3.8) is 0 Å². The molecule has 0 aliphatic carbocycles. The molecule has 0 aromatic heterocycles. The molecule has 1 aromatic rings. The molecule has 0 unspecified atom stereocenters. The maximum absolute atomic E-state index is 11.6. The van der Waals surface area contributed by atoms with E-state index in [4.69, 9.17) is 10.5 Å². The molecule has 1 heterocycles. The third kappa shape index (κ3) is 2.78. The second-order valence-electron chi connectivity index (χ2n) is 4.55. The zero-order chi connectivity index (χ0) is 14.0. The van der Waals surface area contributed by atoms with Crippen LogP contribution < -0.4 is 15.4 Å². The van der Waals surface area contributed by atoms with Crippen molar-refractivity contribution in [3.8, 4) is 5.75 Å². The number of carbonyl (C=O) groups is 2. The summed E-state index contributed by atoms with van der Waals surface area (Å²) >= 11 is 0. The number of urea groups is 1. The van der Waals surface area contributed by atoms with Crippen molar-refractivity contribution in [1.29, 1.82) is 0 Å². The van der Waals surface area contributed by atoms with E-state index in [1.807, 2.05) is 18.2 Å². The number of nitrogens with two attached hydrogens (primary N) is 1. The Balaban J connectivity index is 2.12. The van der Waals surface area contributed by atoms with Gasteiger partial charge in [-0.15, -0.1) is 0 Å². The topological polar surface area (TPSA) is 75.9 Å². The summed E-state index contributed by atoms with van der Waals surface area (Å²) in [5.41, 5.74) is 6.95. The molecular weight excluding hydrogens is 246 g/mol. The molecule has 0 bridgehead atoms. The van der Waals surface area contributed by atoms with Gasteiger partial charge in [0.1, 0.15) is 5.75 Å². The summed E-state index contributed by atoms with van der Waals surface area (Å²) in [5, 5.41) is 0. The third-order valence-corrected chi connectivity index (χ3v) is 3.22. The Labute approximate surface area is 111 Å². The lowest BCUT2D eigenvalue weighted by atomic mass is 10.1. The molecule has 1 aliphatic rings. The molecule has 6 nitrogen and oxygen atoms in total. The predicted molar refractivity (Wildman–Crippen MR) is 71.3 cm³/mol.